The van der Waals surface area contributed by atoms with Crippen molar-refractivity contribution in [1.29, 1.82) is 0 Å². The quantitative estimate of drug-likeness (QED) is 0.572. The highest BCUT2D eigenvalue weighted by Crippen LogP contribution is 2.35. The molecule has 0 atom stereocenters. The summed E-state index contributed by atoms with van der Waals surface area (Å²) >= 11 is 3.06. The van der Waals surface area contributed by atoms with Crippen molar-refractivity contribution in [3.8, 4) is 0 Å². The molecule has 1 N–H and O–H groups in total. The number of carbonyl (C=O) groups is 1. The van der Waals surface area contributed by atoms with Crippen LogP contribution in [0.15, 0.2) is 30.5 Å². The number of aromatic nitrogens is 3. The number of hydrogen-bond donors (Lipinski definition) is 1. The number of aryl methyl sites for hydroxylation is 1. The van der Waals surface area contributed by atoms with Crippen molar-refractivity contribution in [3.05, 3.63) is 35.3 Å². The fraction of sp³-hybridized carbons (Fsp3) is 0.278. The standard InChI is InChI=1S/C18H17N5O2S2/c1-22-13-8-12(3-2-11(13)10-19-22)20-16(24)14-9-15-17(26-14)21-18(27-15)23-4-6-25-7-5-23/h2-3,8-10H,4-7H2,1H3,(H,20,24). The number of amides is 1. The Kier molecular flexibility index (Phi) is 4.07. The number of fused-ring (bicyclic) bond motifs is 2. The van der Waals surface area contributed by atoms with Crippen molar-refractivity contribution < 1.29 is 9.53 Å². The van der Waals surface area contributed by atoms with Crippen LogP contribution in [0.3, 0.4) is 0 Å². The van der Waals surface area contributed by atoms with Crippen molar-refractivity contribution in [2.75, 3.05) is 36.5 Å². The van der Waals surface area contributed by atoms with Gasteiger partial charge in [-0.1, -0.05) is 11.3 Å². The smallest absolute Gasteiger partial charge is 0.265 e. The third kappa shape index (κ3) is 3.07. The van der Waals surface area contributed by atoms with Crippen LogP contribution < -0.4 is 10.2 Å². The highest BCUT2D eigenvalue weighted by Gasteiger charge is 2.19. The summed E-state index contributed by atoms with van der Waals surface area (Å²) in [5.41, 5.74) is 1.74. The lowest BCUT2D eigenvalue weighted by Gasteiger charge is -2.25. The molecule has 1 saturated heterocycles. The van der Waals surface area contributed by atoms with Crippen LogP contribution in [0.1, 0.15) is 9.67 Å². The zero-order chi connectivity index (χ0) is 18.4. The highest BCUT2D eigenvalue weighted by atomic mass is 32.1. The van der Waals surface area contributed by atoms with Crippen LogP contribution in [0.4, 0.5) is 10.8 Å². The molecule has 1 fully saturated rings. The molecule has 0 bridgehead atoms. The molecule has 0 saturated carbocycles. The van der Waals surface area contributed by atoms with Crippen molar-refractivity contribution in [2.45, 2.75) is 0 Å². The fourth-order valence-electron chi connectivity index (χ4n) is 3.14. The summed E-state index contributed by atoms with van der Waals surface area (Å²) in [7, 11) is 1.89. The third-order valence-electron chi connectivity index (χ3n) is 4.59. The van der Waals surface area contributed by atoms with Gasteiger partial charge in [0.1, 0.15) is 4.83 Å². The SMILES string of the molecule is Cn1ncc2ccc(NC(=O)c3cc4sc(N5CCOCC5)nc4s3)cc21. The molecular weight excluding hydrogens is 382 g/mol. The van der Waals surface area contributed by atoms with Gasteiger partial charge in [0, 0.05) is 31.2 Å². The Balaban J connectivity index is 1.36. The predicted molar refractivity (Wildman–Crippen MR) is 109 cm³/mol. The van der Waals surface area contributed by atoms with Gasteiger partial charge in [-0.15, -0.1) is 11.3 Å². The molecule has 1 aliphatic rings. The minimum atomic E-state index is -0.111. The second-order valence-electron chi connectivity index (χ2n) is 6.37. The number of thiophene rings is 1. The average Bonchev–Trinajstić information content (AvgIpc) is 3.36. The van der Waals surface area contributed by atoms with Crippen LogP contribution >= 0.6 is 22.7 Å². The van der Waals surface area contributed by atoms with E-state index < -0.39 is 0 Å². The van der Waals surface area contributed by atoms with Crippen molar-refractivity contribution in [2.24, 2.45) is 7.05 Å². The number of anilines is 2. The van der Waals surface area contributed by atoms with Crippen LogP contribution in [0.5, 0.6) is 0 Å². The van der Waals surface area contributed by atoms with Gasteiger partial charge in [-0.3, -0.25) is 9.48 Å². The van der Waals surface area contributed by atoms with Crippen molar-refractivity contribution in [3.63, 3.8) is 0 Å². The van der Waals surface area contributed by atoms with E-state index >= 15 is 0 Å². The van der Waals surface area contributed by atoms with Crippen LogP contribution in [0.2, 0.25) is 0 Å². The van der Waals surface area contributed by atoms with E-state index in [1.54, 1.807) is 16.0 Å². The Morgan fingerprint density at radius 1 is 1.22 bits per heavy atom. The largest absolute Gasteiger partial charge is 0.378 e. The second kappa shape index (κ2) is 6.59. The van der Waals surface area contributed by atoms with Gasteiger partial charge in [-0.2, -0.15) is 5.10 Å². The lowest BCUT2D eigenvalue weighted by molar-refractivity contribution is 0.103. The highest BCUT2D eigenvalue weighted by molar-refractivity contribution is 7.29. The first-order chi connectivity index (χ1) is 13.2. The summed E-state index contributed by atoms with van der Waals surface area (Å²) in [5, 5.41) is 9.26. The van der Waals surface area contributed by atoms with Gasteiger partial charge in [0.2, 0.25) is 0 Å². The van der Waals surface area contributed by atoms with E-state index in [1.807, 2.05) is 37.5 Å². The minimum absolute atomic E-state index is 0.111. The van der Waals surface area contributed by atoms with E-state index in [2.05, 4.69) is 15.3 Å². The third-order valence-corrected chi connectivity index (χ3v) is 6.81. The Morgan fingerprint density at radius 3 is 2.89 bits per heavy atom. The van der Waals surface area contributed by atoms with Gasteiger partial charge < -0.3 is 15.0 Å². The normalized spacial score (nSPS) is 14.9. The molecule has 4 aromatic rings. The molecule has 0 unspecified atom stereocenters. The van der Waals surface area contributed by atoms with Gasteiger partial charge in [-0.25, -0.2) is 4.98 Å². The second-order valence-corrected chi connectivity index (χ2v) is 8.41. The molecule has 1 amide bonds. The number of nitrogens with one attached hydrogen (secondary N) is 1. The molecule has 27 heavy (non-hydrogen) atoms. The molecular formula is C18H17N5O2S2. The van der Waals surface area contributed by atoms with Crippen LogP contribution in [0.25, 0.3) is 20.4 Å². The number of carbonyl (C=O) groups excluding carboxylic acids is 1. The monoisotopic (exact) mass is 399 g/mol. The maximum Gasteiger partial charge on any atom is 0.265 e. The number of rotatable bonds is 3. The average molecular weight is 400 g/mol. The van der Waals surface area contributed by atoms with Crippen LogP contribution in [-0.4, -0.2) is 47.0 Å². The molecule has 1 aromatic carbocycles. The molecule has 5 rings (SSSR count). The van der Waals surface area contributed by atoms with E-state index in [4.69, 9.17) is 9.72 Å². The van der Waals surface area contributed by atoms with Crippen molar-refractivity contribution >= 4 is 59.8 Å². The summed E-state index contributed by atoms with van der Waals surface area (Å²) in [5.74, 6) is -0.111. The first-order valence-electron chi connectivity index (χ1n) is 8.63. The number of ether oxygens (including phenoxy) is 1. The van der Waals surface area contributed by atoms with Gasteiger partial charge in [0.05, 0.1) is 34.5 Å². The molecule has 7 nitrogen and oxygen atoms in total. The van der Waals surface area contributed by atoms with Crippen LogP contribution in [-0.2, 0) is 11.8 Å². The number of hydrogen-bond acceptors (Lipinski definition) is 7. The predicted octanol–water partition coefficient (Wildman–Crippen LogP) is 3.33. The van der Waals surface area contributed by atoms with Gasteiger partial charge in [0.15, 0.2) is 5.13 Å². The molecule has 1 aliphatic heterocycles. The Bertz CT molecular complexity index is 1110. The first-order valence-corrected chi connectivity index (χ1v) is 10.3. The lowest BCUT2D eigenvalue weighted by Crippen LogP contribution is -2.36. The Morgan fingerprint density at radius 2 is 2.07 bits per heavy atom. The number of morpholine rings is 1. The van der Waals surface area contributed by atoms with E-state index in [0.29, 0.717) is 4.88 Å². The maximum atomic E-state index is 12.7. The number of nitrogens with zero attached hydrogens (tertiary/aromatic N) is 4. The van der Waals surface area contributed by atoms with E-state index in [1.165, 1.54) is 11.3 Å². The summed E-state index contributed by atoms with van der Waals surface area (Å²) < 4.78 is 8.24. The fourth-order valence-corrected chi connectivity index (χ4v) is 5.30. The summed E-state index contributed by atoms with van der Waals surface area (Å²) in [4.78, 5) is 21.2. The van der Waals surface area contributed by atoms with Gasteiger partial charge >= 0.3 is 0 Å². The summed E-state index contributed by atoms with van der Waals surface area (Å²) in [6.07, 6.45) is 1.81. The lowest BCUT2D eigenvalue weighted by atomic mass is 10.2. The van der Waals surface area contributed by atoms with Gasteiger partial charge in [0.25, 0.3) is 5.91 Å². The molecule has 0 aliphatic carbocycles. The first kappa shape index (κ1) is 16.7. The zero-order valence-electron chi connectivity index (χ0n) is 14.6. The molecule has 0 radical (unpaired) electrons. The molecule has 138 valence electrons. The van der Waals surface area contributed by atoms with Crippen molar-refractivity contribution in [1.82, 2.24) is 14.8 Å². The van der Waals surface area contributed by atoms with E-state index in [0.717, 1.165) is 57.6 Å². The molecule has 3 aromatic heterocycles. The van der Waals surface area contributed by atoms with E-state index in [9.17, 15) is 4.79 Å². The zero-order valence-corrected chi connectivity index (χ0v) is 16.3. The Hall–Kier alpha value is -2.49. The maximum absolute atomic E-state index is 12.7. The topological polar surface area (TPSA) is 72.3 Å². The summed E-state index contributed by atoms with van der Waals surface area (Å²) in [6, 6.07) is 7.72. The van der Waals surface area contributed by atoms with E-state index in [-0.39, 0.29) is 5.91 Å². The molecule has 0 spiro atoms. The number of thiazole rings is 1. The molecule has 9 heteroatoms. The molecule has 4 heterocycles. The summed E-state index contributed by atoms with van der Waals surface area (Å²) in [6.45, 7) is 3.21. The minimum Gasteiger partial charge on any atom is -0.378 e. The van der Waals surface area contributed by atoms with Gasteiger partial charge in [-0.05, 0) is 24.3 Å². The number of benzene rings is 1. The van der Waals surface area contributed by atoms with Crippen LogP contribution in [0, 0.1) is 0 Å². The Labute approximate surface area is 163 Å².